The second-order valence-electron chi connectivity index (χ2n) is 9.75. The van der Waals surface area contributed by atoms with Crippen LogP contribution in [0.3, 0.4) is 0 Å². The minimum atomic E-state index is -0.402. The van der Waals surface area contributed by atoms with Crippen LogP contribution in [-0.4, -0.2) is 53.0 Å². The third kappa shape index (κ3) is 5.45. The second-order valence-corrected chi connectivity index (χ2v) is 11.4. The summed E-state index contributed by atoms with van der Waals surface area (Å²) >= 11 is 6.76. The van der Waals surface area contributed by atoms with Gasteiger partial charge in [-0.1, -0.05) is 48.2 Å². The molecule has 0 bridgehead atoms. The van der Waals surface area contributed by atoms with Crippen LogP contribution in [0.2, 0.25) is 0 Å². The summed E-state index contributed by atoms with van der Waals surface area (Å²) in [6.07, 6.45) is 1.74. The lowest BCUT2D eigenvalue weighted by Gasteiger charge is -2.38. The maximum absolute atomic E-state index is 14.4. The van der Waals surface area contributed by atoms with E-state index in [4.69, 9.17) is 17.0 Å². The zero-order valence-corrected chi connectivity index (χ0v) is 24.5. The van der Waals surface area contributed by atoms with Crippen LogP contribution in [0, 0.1) is 24.1 Å². The molecule has 0 radical (unpaired) electrons. The van der Waals surface area contributed by atoms with Crippen LogP contribution in [0.25, 0.3) is 6.08 Å². The molecule has 3 heterocycles. The predicted molar refractivity (Wildman–Crippen MR) is 164 cm³/mol. The molecule has 0 saturated carbocycles. The maximum Gasteiger partial charge on any atom is 0.270 e. The second kappa shape index (κ2) is 11.8. The van der Waals surface area contributed by atoms with Crippen LogP contribution in [0.15, 0.2) is 58.2 Å². The van der Waals surface area contributed by atoms with Crippen molar-refractivity contribution in [2.45, 2.75) is 13.5 Å². The molecule has 1 amide bonds. The molecule has 2 aliphatic heterocycles. The fourth-order valence-electron chi connectivity index (χ4n) is 5.14. The van der Waals surface area contributed by atoms with Gasteiger partial charge in [-0.2, -0.15) is 5.26 Å². The monoisotopic (exact) mass is 589 g/mol. The molecular weight excluding hydrogens is 561 g/mol. The molecule has 0 unspecified atom stereocenters. The molecule has 0 aliphatic carbocycles. The minimum absolute atomic E-state index is 0.0289. The third-order valence-electron chi connectivity index (χ3n) is 7.39. The van der Waals surface area contributed by atoms with Crippen molar-refractivity contribution in [3.8, 4) is 11.8 Å². The number of thioether (sulfide) groups is 1. The number of piperazine rings is 1. The van der Waals surface area contributed by atoms with Crippen LogP contribution in [0.5, 0.6) is 5.75 Å². The Morgan fingerprint density at radius 3 is 2.37 bits per heavy atom. The van der Waals surface area contributed by atoms with Crippen LogP contribution < -0.4 is 20.1 Å². The van der Waals surface area contributed by atoms with Gasteiger partial charge in [-0.25, -0.2) is 4.39 Å². The average Bonchev–Trinajstić information content (AvgIpc) is 3.24. The Kier molecular flexibility index (Phi) is 8.15. The smallest absolute Gasteiger partial charge is 0.270 e. The van der Waals surface area contributed by atoms with E-state index in [-0.39, 0.29) is 17.3 Å². The molecule has 0 atom stereocenters. The number of benzene rings is 2. The highest BCUT2D eigenvalue weighted by molar-refractivity contribution is 8.26. The molecule has 0 N–H and O–H groups in total. The van der Waals surface area contributed by atoms with Crippen molar-refractivity contribution in [2.75, 3.05) is 43.1 Å². The Morgan fingerprint density at radius 1 is 1.07 bits per heavy atom. The van der Waals surface area contributed by atoms with E-state index >= 15 is 0 Å². The molecule has 2 aliphatic rings. The van der Waals surface area contributed by atoms with E-state index in [1.54, 1.807) is 50.3 Å². The molecule has 41 heavy (non-hydrogen) atoms. The van der Waals surface area contributed by atoms with Crippen LogP contribution in [0.4, 0.5) is 15.9 Å². The number of anilines is 2. The predicted octanol–water partition coefficient (Wildman–Crippen LogP) is 4.44. The number of carbonyl (C=O) groups excluding carboxylic acids is 1. The van der Waals surface area contributed by atoms with E-state index in [0.29, 0.717) is 64.6 Å². The largest absolute Gasteiger partial charge is 0.497 e. The Labute approximate surface area is 247 Å². The van der Waals surface area contributed by atoms with Gasteiger partial charge < -0.3 is 14.5 Å². The van der Waals surface area contributed by atoms with Crippen LogP contribution >= 0.6 is 24.0 Å². The number of rotatable bonds is 6. The number of para-hydroxylation sites is 1. The lowest BCUT2D eigenvalue weighted by molar-refractivity contribution is -0.122. The average molecular weight is 590 g/mol. The van der Waals surface area contributed by atoms with Gasteiger partial charge in [-0.3, -0.25) is 19.1 Å². The lowest BCUT2D eigenvalue weighted by atomic mass is 10.0. The number of nitriles is 1. The normalized spacial score (nSPS) is 16.5. The number of ether oxygens (including phenoxy) is 1. The summed E-state index contributed by atoms with van der Waals surface area (Å²) in [5, 5.41) is 9.78. The highest BCUT2D eigenvalue weighted by Gasteiger charge is 2.33. The minimum Gasteiger partial charge on any atom is -0.497 e. The first-order valence-corrected chi connectivity index (χ1v) is 14.2. The van der Waals surface area contributed by atoms with E-state index in [0.717, 1.165) is 11.3 Å². The maximum atomic E-state index is 14.4. The molecule has 11 heteroatoms. The van der Waals surface area contributed by atoms with Crippen LogP contribution in [0.1, 0.15) is 22.3 Å². The topological polar surface area (TPSA) is 81.8 Å². The van der Waals surface area contributed by atoms with E-state index in [1.807, 2.05) is 35.2 Å². The molecule has 8 nitrogen and oxygen atoms in total. The number of amides is 1. The zero-order valence-electron chi connectivity index (χ0n) is 22.9. The summed E-state index contributed by atoms with van der Waals surface area (Å²) < 4.78 is 21.5. The molecule has 1 aromatic heterocycles. The summed E-state index contributed by atoms with van der Waals surface area (Å²) in [6.45, 7) is 4.16. The fourth-order valence-corrected chi connectivity index (χ4v) is 6.38. The van der Waals surface area contributed by atoms with E-state index < -0.39 is 5.56 Å². The highest BCUT2D eigenvalue weighted by atomic mass is 32.2. The Morgan fingerprint density at radius 2 is 1.73 bits per heavy atom. The number of carbonyl (C=O) groups is 1. The van der Waals surface area contributed by atoms with Crippen molar-refractivity contribution in [2.24, 2.45) is 7.05 Å². The first-order valence-electron chi connectivity index (χ1n) is 13.0. The summed E-state index contributed by atoms with van der Waals surface area (Å²) in [7, 11) is 3.23. The Hall–Kier alpha value is -4.14. The van der Waals surface area contributed by atoms with E-state index in [9.17, 15) is 19.2 Å². The van der Waals surface area contributed by atoms with E-state index in [2.05, 4.69) is 4.90 Å². The highest BCUT2D eigenvalue weighted by Crippen LogP contribution is 2.37. The standard InChI is InChI=1S/C30H28FN5O3S2/c1-19-22(16-26-29(38)36(30(40)41-26)18-20-8-10-21(39-3)11-9-20)27(33(2)28(37)23(19)17-32)35-14-12-34(13-15-35)25-7-5-4-6-24(25)31/h4-11,16H,12-15,18H2,1-3H3/b26-16+. The Balaban J connectivity index is 1.47. The number of halogens is 1. The summed E-state index contributed by atoms with van der Waals surface area (Å²) in [5.74, 6) is 0.817. The number of pyridine rings is 1. The van der Waals surface area contributed by atoms with Crippen molar-refractivity contribution in [3.05, 3.63) is 91.9 Å². The van der Waals surface area contributed by atoms with Gasteiger partial charge in [0.25, 0.3) is 11.5 Å². The fraction of sp³-hybridized carbons (Fsp3) is 0.267. The molecule has 0 spiro atoms. The quantitative estimate of drug-likeness (QED) is 0.309. The van der Waals surface area contributed by atoms with Crippen molar-refractivity contribution in [1.29, 1.82) is 5.26 Å². The molecular formula is C30H28FN5O3S2. The summed E-state index contributed by atoms with van der Waals surface area (Å²) in [4.78, 5) is 32.7. The third-order valence-corrected chi connectivity index (χ3v) is 8.77. The van der Waals surface area contributed by atoms with Crippen molar-refractivity contribution in [1.82, 2.24) is 9.47 Å². The molecule has 2 fully saturated rings. The first kappa shape index (κ1) is 28.4. The number of hydrogen-bond acceptors (Lipinski definition) is 8. The summed E-state index contributed by atoms with van der Waals surface area (Å²) in [5.41, 5.74) is 2.19. The molecule has 2 saturated heterocycles. The van der Waals surface area contributed by atoms with Gasteiger partial charge in [0.15, 0.2) is 0 Å². The van der Waals surface area contributed by atoms with Gasteiger partial charge in [0.1, 0.15) is 33.3 Å². The lowest BCUT2D eigenvalue weighted by Crippen LogP contribution is -2.48. The molecule has 5 rings (SSSR count). The number of hydrogen-bond donors (Lipinski definition) is 0. The van der Waals surface area contributed by atoms with Gasteiger partial charge in [0, 0.05) is 38.8 Å². The number of methoxy groups -OCH3 is 1. The molecule has 210 valence electrons. The van der Waals surface area contributed by atoms with Crippen molar-refractivity contribution in [3.63, 3.8) is 0 Å². The molecule has 3 aromatic rings. The van der Waals surface area contributed by atoms with Gasteiger partial charge >= 0.3 is 0 Å². The van der Waals surface area contributed by atoms with Crippen molar-refractivity contribution >= 4 is 51.8 Å². The number of thiocarbonyl (C=S) groups is 1. The summed E-state index contributed by atoms with van der Waals surface area (Å²) in [6, 6.07) is 16.1. The molecule has 2 aromatic carbocycles. The Bertz CT molecular complexity index is 1650. The van der Waals surface area contributed by atoms with E-state index in [1.165, 1.54) is 22.4 Å². The number of nitrogens with zero attached hydrogens (tertiary/aromatic N) is 5. The number of aromatic nitrogens is 1. The van der Waals surface area contributed by atoms with Crippen LogP contribution in [-0.2, 0) is 18.4 Å². The first-order chi connectivity index (χ1) is 19.7. The van der Waals surface area contributed by atoms with Gasteiger partial charge in [-0.15, -0.1) is 0 Å². The zero-order chi connectivity index (χ0) is 29.3. The van der Waals surface area contributed by atoms with Crippen molar-refractivity contribution < 1.29 is 13.9 Å². The van der Waals surface area contributed by atoms with Gasteiger partial charge in [-0.05, 0) is 48.4 Å². The SMILES string of the molecule is COc1ccc(CN2C(=O)/C(=C\c3c(C)c(C#N)c(=O)n(C)c3N3CCN(c4ccccc4F)CC3)SC2=S)cc1. The van der Waals surface area contributed by atoms with Gasteiger partial charge in [0.2, 0.25) is 0 Å². The van der Waals surface area contributed by atoms with Gasteiger partial charge in [0.05, 0.1) is 24.2 Å².